The van der Waals surface area contributed by atoms with Crippen molar-refractivity contribution in [3.63, 3.8) is 0 Å². The van der Waals surface area contributed by atoms with E-state index in [1.54, 1.807) is 12.5 Å². The summed E-state index contributed by atoms with van der Waals surface area (Å²) in [5.41, 5.74) is 14.9. The number of hydrogen-bond acceptors (Lipinski definition) is 5. The van der Waals surface area contributed by atoms with Crippen molar-refractivity contribution >= 4 is 23.1 Å². The summed E-state index contributed by atoms with van der Waals surface area (Å²) >= 11 is 0. The molecule has 8 nitrogen and oxygen atoms in total. The van der Waals surface area contributed by atoms with Crippen molar-refractivity contribution in [3.8, 4) is 17.5 Å². The van der Waals surface area contributed by atoms with E-state index in [-0.39, 0.29) is 5.91 Å². The maximum Gasteiger partial charge on any atom is 0.232 e. The maximum atomic E-state index is 13.2. The fourth-order valence-corrected chi connectivity index (χ4v) is 6.34. The minimum Gasteiger partial charge on any atom is -0.361 e. The number of H-pyrrole nitrogens is 1. The lowest BCUT2D eigenvalue weighted by atomic mass is 9.82. The summed E-state index contributed by atoms with van der Waals surface area (Å²) in [7, 11) is 0. The first-order valence-electron chi connectivity index (χ1n) is 15.9. The molecule has 4 aromatic rings. The van der Waals surface area contributed by atoms with Crippen LogP contribution in [0.25, 0.3) is 22.2 Å². The molecule has 2 aromatic carbocycles. The molecule has 45 heavy (non-hydrogen) atoms. The molecule has 1 amide bonds. The zero-order valence-electron chi connectivity index (χ0n) is 27.6. The molecule has 2 aromatic heterocycles. The summed E-state index contributed by atoms with van der Waals surface area (Å²) in [6.07, 6.45) is 8.94. The number of aromatic amines is 1. The Labute approximate surface area is 268 Å². The van der Waals surface area contributed by atoms with E-state index < -0.39 is 5.41 Å². The molecule has 0 bridgehead atoms. The third-order valence-corrected chi connectivity index (χ3v) is 8.79. The van der Waals surface area contributed by atoms with Gasteiger partial charge in [0, 0.05) is 61.1 Å². The van der Waals surface area contributed by atoms with Gasteiger partial charge in [0.1, 0.15) is 6.34 Å². The van der Waals surface area contributed by atoms with Gasteiger partial charge < -0.3 is 20.5 Å². The number of amides is 1. The van der Waals surface area contributed by atoms with Crippen LogP contribution in [0.3, 0.4) is 0 Å². The van der Waals surface area contributed by atoms with Crippen LogP contribution in [0, 0.1) is 25.3 Å². The van der Waals surface area contributed by atoms with Gasteiger partial charge in [-0.25, -0.2) is 0 Å². The van der Waals surface area contributed by atoms with E-state index in [0.717, 1.165) is 61.2 Å². The Morgan fingerprint density at radius 1 is 1.13 bits per heavy atom. The minimum absolute atomic E-state index is 0.164. The number of carbonyl (C=O) groups excluding carboxylic acids is 1. The summed E-state index contributed by atoms with van der Waals surface area (Å²) in [6, 6.07) is 17.1. The SMILES string of the molecule is CCN(CC)C(=O)C(C)(C)c1ccc2[nH]c(-c3cc(C)cc(C)c3)c(CCN)c2c1.N#CN=CN1CCC(c2ccncc2)C1. The van der Waals surface area contributed by atoms with Gasteiger partial charge in [-0.3, -0.25) is 9.78 Å². The van der Waals surface area contributed by atoms with Crippen LogP contribution >= 0.6 is 0 Å². The fourth-order valence-electron chi connectivity index (χ4n) is 6.34. The van der Waals surface area contributed by atoms with Crippen molar-refractivity contribution < 1.29 is 4.79 Å². The van der Waals surface area contributed by atoms with Crippen LogP contribution in [0.1, 0.15) is 67.9 Å². The number of aromatic nitrogens is 2. The van der Waals surface area contributed by atoms with Gasteiger partial charge in [0.05, 0.1) is 5.41 Å². The number of hydrogen-bond donors (Lipinski definition) is 2. The summed E-state index contributed by atoms with van der Waals surface area (Å²) in [6.45, 7) is 16.3. The van der Waals surface area contributed by atoms with Gasteiger partial charge in [-0.15, -0.1) is 0 Å². The maximum absolute atomic E-state index is 13.2. The number of nitrogens with two attached hydrogens (primary N) is 1. The number of pyridine rings is 1. The van der Waals surface area contributed by atoms with Crippen LogP contribution in [-0.4, -0.2) is 64.7 Å². The Kier molecular flexibility index (Phi) is 11.1. The lowest BCUT2D eigenvalue weighted by Gasteiger charge is -2.31. The Balaban J connectivity index is 0.000000256. The summed E-state index contributed by atoms with van der Waals surface area (Å²) in [4.78, 5) is 28.4. The Hall–Kier alpha value is -4.48. The van der Waals surface area contributed by atoms with E-state index >= 15 is 0 Å². The number of rotatable bonds is 9. The molecular weight excluding hydrogens is 558 g/mol. The lowest BCUT2D eigenvalue weighted by Crippen LogP contribution is -2.43. The first-order chi connectivity index (χ1) is 21.6. The molecule has 3 N–H and O–H groups in total. The molecular formula is C37H47N7O. The molecule has 1 aliphatic rings. The number of aryl methyl sites for hydroxylation is 2. The highest BCUT2D eigenvalue weighted by molar-refractivity contribution is 5.94. The van der Waals surface area contributed by atoms with E-state index in [4.69, 9.17) is 11.0 Å². The monoisotopic (exact) mass is 605 g/mol. The molecule has 1 aliphatic heterocycles. The molecule has 0 spiro atoms. The normalized spacial score (nSPS) is 14.8. The third kappa shape index (κ3) is 7.79. The number of carbonyl (C=O) groups is 1. The zero-order valence-corrected chi connectivity index (χ0v) is 27.6. The van der Waals surface area contributed by atoms with E-state index in [1.807, 2.05) is 45.0 Å². The van der Waals surface area contributed by atoms with Crippen LogP contribution in [0.5, 0.6) is 0 Å². The molecule has 1 unspecified atom stereocenters. The van der Waals surface area contributed by atoms with Crippen molar-refractivity contribution in [2.45, 2.75) is 65.7 Å². The first kappa shape index (κ1) is 33.4. The summed E-state index contributed by atoms with van der Waals surface area (Å²) < 4.78 is 0. The largest absolute Gasteiger partial charge is 0.361 e. The molecule has 1 atom stereocenters. The van der Waals surface area contributed by atoms with Crippen LogP contribution in [0.4, 0.5) is 0 Å². The molecule has 1 fully saturated rings. The first-order valence-corrected chi connectivity index (χ1v) is 15.9. The van der Waals surface area contributed by atoms with Gasteiger partial charge in [0.2, 0.25) is 12.1 Å². The van der Waals surface area contributed by atoms with Gasteiger partial charge in [0.15, 0.2) is 0 Å². The van der Waals surface area contributed by atoms with Gasteiger partial charge >= 0.3 is 0 Å². The van der Waals surface area contributed by atoms with Crippen molar-refractivity contribution in [1.82, 2.24) is 19.8 Å². The molecule has 0 radical (unpaired) electrons. The van der Waals surface area contributed by atoms with Crippen LogP contribution in [0.15, 0.2) is 65.9 Å². The van der Waals surface area contributed by atoms with Crippen molar-refractivity contribution in [1.29, 1.82) is 5.26 Å². The molecule has 0 saturated carbocycles. The van der Waals surface area contributed by atoms with E-state index in [2.05, 4.69) is 82.2 Å². The Bertz CT molecular complexity index is 1640. The Morgan fingerprint density at radius 2 is 1.82 bits per heavy atom. The minimum atomic E-state index is -0.586. The van der Waals surface area contributed by atoms with Crippen molar-refractivity contribution in [2.24, 2.45) is 10.7 Å². The number of nitriles is 1. The second-order valence-electron chi connectivity index (χ2n) is 12.4. The lowest BCUT2D eigenvalue weighted by molar-refractivity contribution is -0.135. The van der Waals surface area contributed by atoms with E-state index in [0.29, 0.717) is 12.5 Å². The number of nitrogens with zero attached hydrogens (tertiary/aromatic N) is 5. The molecule has 1 saturated heterocycles. The molecule has 0 aliphatic carbocycles. The quantitative estimate of drug-likeness (QED) is 0.129. The smallest absolute Gasteiger partial charge is 0.232 e. The summed E-state index contributed by atoms with van der Waals surface area (Å²) in [5, 5.41) is 9.49. The van der Waals surface area contributed by atoms with Gasteiger partial charge in [-0.05, 0) is 120 Å². The number of benzene rings is 2. The van der Waals surface area contributed by atoms with Crippen molar-refractivity contribution in [2.75, 3.05) is 32.7 Å². The molecule has 3 heterocycles. The second-order valence-corrected chi connectivity index (χ2v) is 12.4. The van der Waals surface area contributed by atoms with Crippen LogP contribution < -0.4 is 5.73 Å². The highest BCUT2D eigenvalue weighted by atomic mass is 16.2. The molecule has 236 valence electrons. The molecule has 5 rings (SSSR count). The fraction of sp³-hybridized carbons (Fsp3) is 0.405. The van der Waals surface area contributed by atoms with Gasteiger partial charge in [-0.1, -0.05) is 23.3 Å². The number of fused-ring (bicyclic) bond motifs is 1. The second kappa shape index (κ2) is 15.0. The summed E-state index contributed by atoms with van der Waals surface area (Å²) in [5.74, 6) is 0.704. The highest BCUT2D eigenvalue weighted by Crippen LogP contribution is 2.35. The average Bonchev–Trinajstić information content (AvgIpc) is 3.66. The van der Waals surface area contributed by atoms with E-state index in [9.17, 15) is 4.79 Å². The van der Waals surface area contributed by atoms with Gasteiger partial charge in [0.25, 0.3) is 0 Å². The highest BCUT2D eigenvalue weighted by Gasteiger charge is 2.33. The zero-order chi connectivity index (χ0) is 32.6. The number of likely N-dealkylation sites (tertiary alicyclic amines) is 1. The standard InChI is InChI=1S/C26H35N3O.C11H12N4/c1-7-29(8-2)25(30)26(5,6)20-9-10-23-22(16-20)21(11-12-27)24(28-23)19-14-17(3)13-18(4)15-19;12-8-14-9-15-6-3-11(7-15)10-1-4-13-5-2-10/h9-10,13-16,28H,7-8,11-12,27H2,1-6H3;1-2,4-5,9,11H,3,6-7H2. The van der Waals surface area contributed by atoms with Crippen LogP contribution in [0.2, 0.25) is 0 Å². The third-order valence-electron chi connectivity index (χ3n) is 8.79. The van der Waals surface area contributed by atoms with Crippen LogP contribution in [-0.2, 0) is 16.6 Å². The number of likely N-dealkylation sites (N-methyl/N-ethyl adjacent to an activating group) is 1. The average molecular weight is 606 g/mol. The molecule has 8 heteroatoms. The number of aliphatic imine (C=N–C) groups is 1. The topological polar surface area (TPSA) is 114 Å². The predicted octanol–water partition coefficient (Wildman–Crippen LogP) is 6.48. The van der Waals surface area contributed by atoms with E-state index in [1.165, 1.54) is 27.8 Å². The predicted molar refractivity (Wildman–Crippen MR) is 184 cm³/mol. The van der Waals surface area contributed by atoms with Crippen molar-refractivity contribution in [3.05, 3.63) is 88.7 Å². The van der Waals surface area contributed by atoms with Gasteiger partial charge in [-0.2, -0.15) is 10.3 Å². The Morgan fingerprint density at radius 3 is 2.44 bits per heavy atom. The number of nitrogens with one attached hydrogen (secondary N) is 1.